The average molecular weight is 319 g/mol. The van der Waals surface area contributed by atoms with E-state index in [1.54, 1.807) is 37.8 Å². The van der Waals surface area contributed by atoms with Gasteiger partial charge >= 0.3 is 5.69 Å². The van der Waals surface area contributed by atoms with Gasteiger partial charge in [0.25, 0.3) is 5.95 Å². The minimum atomic E-state index is -0.319. The van der Waals surface area contributed by atoms with Crippen molar-refractivity contribution in [3.8, 4) is 22.8 Å². The van der Waals surface area contributed by atoms with E-state index >= 15 is 0 Å². The zero-order valence-corrected chi connectivity index (χ0v) is 12.8. The van der Waals surface area contributed by atoms with Crippen LogP contribution in [-0.4, -0.2) is 31.3 Å². The first-order valence-electron chi connectivity index (χ1n) is 7.29. The average Bonchev–Trinajstić information content (AvgIpc) is 2.99. The second-order valence-corrected chi connectivity index (χ2v) is 5.12. The van der Waals surface area contributed by atoms with E-state index < -0.39 is 0 Å². The fraction of sp³-hybridized carbons (Fsp3) is 0.0588. The highest BCUT2D eigenvalue weighted by Gasteiger charge is 2.11. The van der Waals surface area contributed by atoms with Crippen molar-refractivity contribution in [2.75, 3.05) is 7.11 Å². The Labute approximate surface area is 136 Å². The molecule has 0 saturated carbocycles. The Balaban J connectivity index is 1.87. The maximum atomic E-state index is 12.6. The molecule has 3 aromatic heterocycles. The second-order valence-electron chi connectivity index (χ2n) is 5.12. The second kappa shape index (κ2) is 5.62. The molecular weight excluding hydrogens is 306 g/mol. The van der Waals surface area contributed by atoms with Crippen molar-refractivity contribution in [3.63, 3.8) is 0 Å². The van der Waals surface area contributed by atoms with E-state index in [1.165, 1.54) is 9.08 Å². The highest BCUT2D eigenvalue weighted by Crippen LogP contribution is 2.23. The molecule has 1 aromatic carbocycles. The van der Waals surface area contributed by atoms with Crippen LogP contribution in [0.4, 0.5) is 0 Å². The monoisotopic (exact) mass is 319 g/mol. The fourth-order valence-electron chi connectivity index (χ4n) is 2.48. The van der Waals surface area contributed by atoms with Gasteiger partial charge in [-0.1, -0.05) is 12.1 Å². The van der Waals surface area contributed by atoms with Gasteiger partial charge < -0.3 is 4.74 Å². The van der Waals surface area contributed by atoms with Crippen LogP contribution in [0, 0.1) is 0 Å². The van der Waals surface area contributed by atoms with E-state index in [4.69, 9.17) is 4.74 Å². The molecule has 0 N–H and O–H groups in total. The van der Waals surface area contributed by atoms with Crippen LogP contribution in [0.5, 0.6) is 5.75 Å². The van der Waals surface area contributed by atoms with Gasteiger partial charge in [0.2, 0.25) is 0 Å². The van der Waals surface area contributed by atoms with Crippen LogP contribution in [0.25, 0.3) is 22.7 Å². The summed E-state index contributed by atoms with van der Waals surface area (Å²) < 4.78 is 7.91. The summed E-state index contributed by atoms with van der Waals surface area (Å²) in [6.07, 6.45) is 4.89. The number of fused-ring (bicyclic) bond motifs is 1. The summed E-state index contributed by atoms with van der Waals surface area (Å²) in [7, 11) is 1.62. The Bertz CT molecular complexity index is 1070. The molecular formula is C17H13N5O2. The number of nitrogens with zero attached hydrogens (tertiary/aromatic N) is 5. The molecule has 4 rings (SSSR count). The Kier molecular flexibility index (Phi) is 3.31. The molecule has 0 radical (unpaired) electrons. The number of aromatic nitrogens is 5. The van der Waals surface area contributed by atoms with Crippen LogP contribution in [-0.2, 0) is 0 Å². The lowest BCUT2D eigenvalue weighted by Gasteiger charge is -2.04. The number of rotatable bonds is 3. The lowest BCUT2D eigenvalue weighted by molar-refractivity contribution is 0.415. The molecule has 3 heterocycles. The van der Waals surface area contributed by atoms with Crippen molar-refractivity contribution in [2.45, 2.75) is 0 Å². The van der Waals surface area contributed by atoms with Crippen LogP contribution in [0.1, 0.15) is 0 Å². The smallest absolute Gasteiger partial charge is 0.357 e. The van der Waals surface area contributed by atoms with Crippen LogP contribution in [0.3, 0.4) is 0 Å². The van der Waals surface area contributed by atoms with Gasteiger partial charge in [0, 0.05) is 18.6 Å². The fourth-order valence-corrected chi connectivity index (χ4v) is 2.48. The lowest BCUT2D eigenvalue weighted by atomic mass is 10.1. The molecule has 0 amide bonds. The van der Waals surface area contributed by atoms with Gasteiger partial charge in [0.15, 0.2) is 5.65 Å². The normalized spacial score (nSPS) is 10.9. The topological polar surface area (TPSA) is 74.3 Å². The quantitative estimate of drug-likeness (QED) is 0.577. The van der Waals surface area contributed by atoms with E-state index in [9.17, 15) is 4.79 Å². The molecule has 0 aliphatic heterocycles. The molecule has 0 aliphatic carbocycles. The largest absolute Gasteiger partial charge is 0.497 e. The standard InChI is InChI=1S/C17H13N5O2/c1-24-14-5-2-4-12(10-14)13-6-7-15-20-22(17(23)21(15)11-13)16-18-8-3-9-19-16/h2-11H,1H3. The summed E-state index contributed by atoms with van der Waals surface area (Å²) in [5, 5.41) is 4.27. The summed E-state index contributed by atoms with van der Waals surface area (Å²) in [4.78, 5) is 20.7. The molecule has 24 heavy (non-hydrogen) atoms. The zero-order valence-electron chi connectivity index (χ0n) is 12.8. The van der Waals surface area contributed by atoms with Crippen molar-refractivity contribution in [1.82, 2.24) is 24.1 Å². The highest BCUT2D eigenvalue weighted by molar-refractivity contribution is 5.66. The predicted molar refractivity (Wildman–Crippen MR) is 88.4 cm³/mol. The Morgan fingerprint density at radius 3 is 2.62 bits per heavy atom. The van der Waals surface area contributed by atoms with Crippen LogP contribution >= 0.6 is 0 Å². The SMILES string of the molecule is COc1cccc(-c2ccc3nn(-c4ncccn4)c(=O)n3c2)c1. The predicted octanol–water partition coefficient (Wildman–Crippen LogP) is 1.95. The van der Waals surface area contributed by atoms with Crippen LogP contribution < -0.4 is 10.4 Å². The number of ether oxygens (including phenoxy) is 1. The Hall–Kier alpha value is -3.48. The number of pyridine rings is 1. The first-order chi connectivity index (χ1) is 11.8. The van der Waals surface area contributed by atoms with Crippen LogP contribution in [0.2, 0.25) is 0 Å². The summed E-state index contributed by atoms with van der Waals surface area (Å²) >= 11 is 0. The first-order valence-corrected chi connectivity index (χ1v) is 7.29. The molecule has 118 valence electrons. The summed E-state index contributed by atoms with van der Waals surface area (Å²) in [5.41, 5.74) is 2.05. The van der Waals surface area contributed by atoms with Crippen molar-refractivity contribution in [2.24, 2.45) is 0 Å². The maximum Gasteiger partial charge on any atom is 0.357 e. The summed E-state index contributed by atoms with van der Waals surface area (Å²) in [5.74, 6) is 1.00. The number of hydrogen-bond acceptors (Lipinski definition) is 5. The Morgan fingerprint density at radius 2 is 1.83 bits per heavy atom. The van der Waals surface area contributed by atoms with Crippen molar-refractivity contribution in [1.29, 1.82) is 0 Å². The molecule has 4 aromatic rings. The summed E-state index contributed by atoms with van der Waals surface area (Å²) in [6, 6.07) is 13.0. The molecule has 0 saturated heterocycles. The van der Waals surface area contributed by atoms with Gasteiger partial charge in [-0.05, 0) is 41.5 Å². The van der Waals surface area contributed by atoms with E-state index in [2.05, 4.69) is 15.1 Å². The van der Waals surface area contributed by atoms with Crippen molar-refractivity contribution < 1.29 is 4.74 Å². The van der Waals surface area contributed by atoms with Gasteiger partial charge in [0.1, 0.15) is 5.75 Å². The van der Waals surface area contributed by atoms with Gasteiger partial charge in [-0.3, -0.25) is 0 Å². The number of methoxy groups -OCH3 is 1. The highest BCUT2D eigenvalue weighted by atomic mass is 16.5. The molecule has 0 spiro atoms. The van der Waals surface area contributed by atoms with Crippen LogP contribution in [0.15, 0.2) is 65.8 Å². The first kappa shape index (κ1) is 14.1. The lowest BCUT2D eigenvalue weighted by Crippen LogP contribution is -2.21. The molecule has 0 aliphatic rings. The summed E-state index contributed by atoms with van der Waals surface area (Å²) in [6.45, 7) is 0. The molecule has 0 fully saturated rings. The van der Waals surface area contributed by atoms with Crippen molar-refractivity contribution >= 4 is 5.65 Å². The van der Waals surface area contributed by atoms with Gasteiger partial charge in [-0.15, -0.1) is 9.78 Å². The molecule has 0 bridgehead atoms. The molecule has 0 atom stereocenters. The third-order valence-electron chi connectivity index (χ3n) is 3.66. The third kappa shape index (κ3) is 2.32. The van der Waals surface area contributed by atoms with E-state index in [0.29, 0.717) is 5.65 Å². The van der Waals surface area contributed by atoms with Gasteiger partial charge in [0.05, 0.1) is 7.11 Å². The van der Waals surface area contributed by atoms with Gasteiger partial charge in [-0.25, -0.2) is 19.2 Å². The molecule has 7 nitrogen and oxygen atoms in total. The third-order valence-corrected chi connectivity index (χ3v) is 3.66. The minimum absolute atomic E-state index is 0.245. The van der Waals surface area contributed by atoms with E-state index in [-0.39, 0.29) is 11.6 Å². The van der Waals surface area contributed by atoms with E-state index in [0.717, 1.165) is 16.9 Å². The molecule has 7 heteroatoms. The van der Waals surface area contributed by atoms with Gasteiger partial charge in [-0.2, -0.15) is 0 Å². The maximum absolute atomic E-state index is 12.6. The Morgan fingerprint density at radius 1 is 1.00 bits per heavy atom. The van der Waals surface area contributed by atoms with E-state index in [1.807, 2.05) is 30.3 Å². The zero-order chi connectivity index (χ0) is 16.5. The van der Waals surface area contributed by atoms with Crippen molar-refractivity contribution in [3.05, 3.63) is 71.5 Å². The minimum Gasteiger partial charge on any atom is -0.497 e. The molecule has 0 unspecified atom stereocenters. The number of benzene rings is 1. The number of hydrogen-bond donors (Lipinski definition) is 0.